The molecule has 2 rings (SSSR count). The number of thiazole rings is 1. The van der Waals surface area contributed by atoms with Gasteiger partial charge in [0.2, 0.25) is 0 Å². The van der Waals surface area contributed by atoms with Crippen LogP contribution in [-0.4, -0.2) is 15.7 Å². The standard InChI is InChI=1S/C14H16FNOS/c1-10-16-13(9-18-10)8-14(2,17)7-11-4-3-5-12(15)6-11/h3-6,9,17H,7-8H2,1-2H3. The Hall–Kier alpha value is -1.26. The van der Waals surface area contributed by atoms with E-state index in [1.807, 2.05) is 18.4 Å². The minimum Gasteiger partial charge on any atom is -0.389 e. The average Bonchev–Trinajstić information content (AvgIpc) is 2.62. The zero-order chi connectivity index (χ0) is 13.2. The molecule has 18 heavy (non-hydrogen) atoms. The van der Waals surface area contributed by atoms with E-state index < -0.39 is 5.60 Å². The summed E-state index contributed by atoms with van der Waals surface area (Å²) in [7, 11) is 0. The fourth-order valence-electron chi connectivity index (χ4n) is 2.03. The Morgan fingerprint density at radius 1 is 1.39 bits per heavy atom. The maximum Gasteiger partial charge on any atom is 0.123 e. The first kappa shape index (κ1) is 13.2. The van der Waals surface area contributed by atoms with Crippen molar-refractivity contribution in [2.45, 2.75) is 32.3 Å². The quantitative estimate of drug-likeness (QED) is 0.921. The highest BCUT2D eigenvalue weighted by Gasteiger charge is 2.23. The average molecular weight is 265 g/mol. The Morgan fingerprint density at radius 3 is 2.78 bits per heavy atom. The predicted octanol–water partition coefficient (Wildman–Crippen LogP) is 3.13. The molecule has 4 heteroatoms. The van der Waals surface area contributed by atoms with E-state index in [-0.39, 0.29) is 5.82 Å². The summed E-state index contributed by atoms with van der Waals surface area (Å²) in [5, 5.41) is 13.3. The third-order valence-corrected chi connectivity index (χ3v) is 3.52. The van der Waals surface area contributed by atoms with Crippen molar-refractivity contribution in [3.05, 3.63) is 51.7 Å². The van der Waals surface area contributed by atoms with E-state index in [1.54, 1.807) is 24.3 Å². The maximum atomic E-state index is 13.1. The predicted molar refractivity (Wildman–Crippen MR) is 71.3 cm³/mol. The van der Waals surface area contributed by atoms with Crippen molar-refractivity contribution in [2.24, 2.45) is 0 Å². The van der Waals surface area contributed by atoms with Crippen molar-refractivity contribution < 1.29 is 9.50 Å². The van der Waals surface area contributed by atoms with Gasteiger partial charge in [0.05, 0.1) is 16.3 Å². The Kier molecular flexibility index (Phi) is 3.78. The van der Waals surface area contributed by atoms with E-state index in [4.69, 9.17) is 0 Å². The van der Waals surface area contributed by atoms with E-state index in [0.29, 0.717) is 12.8 Å². The van der Waals surface area contributed by atoms with Crippen LogP contribution in [0.1, 0.15) is 23.2 Å². The lowest BCUT2D eigenvalue weighted by atomic mass is 9.92. The molecule has 0 aliphatic heterocycles. The highest BCUT2D eigenvalue weighted by Crippen LogP contribution is 2.20. The largest absolute Gasteiger partial charge is 0.389 e. The van der Waals surface area contributed by atoms with Gasteiger partial charge in [-0.2, -0.15) is 0 Å². The van der Waals surface area contributed by atoms with Gasteiger partial charge in [-0.1, -0.05) is 12.1 Å². The fraction of sp³-hybridized carbons (Fsp3) is 0.357. The third-order valence-electron chi connectivity index (χ3n) is 2.70. The summed E-state index contributed by atoms with van der Waals surface area (Å²) in [6.07, 6.45) is 0.898. The van der Waals surface area contributed by atoms with Gasteiger partial charge < -0.3 is 5.11 Å². The minimum absolute atomic E-state index is 0.271. The van der Waals surface area contributed by atoms with E-state index in [1.165, 1.54) is 12.1 Å². The van der Waals surface area contributed by atoms with Gasteiger partial charge in [0.1, 0.15) is 5.82 Å². The summed E-state index contributed by atoms with van der Waals surface area (Å²) in [4.78, 5) is 4.34. The van der Waals surface area contributed by atoms with E-state index in [0.717, 1.165) is 16.3 Å². The summed E-state index contributed by atoms with van der Waals surface area (Å²) in [5.41, 5.74) is 0.778. The smallest absolute Gasteiger partial charge is 0.123 e. The molecule has 0 radical (unpaired) electrons. The number of hydrogen-bond donors (Lipinski definition) is 1. The zero-order valence-electron chi connectivity index (χ0n) is 10.5. The van der Waals surface area contributed by atoms with Crippen LogP contribution in [0, 0.1) is 12.7 Å². The second kappa shape index (κ2) is 5.16. The van der Waals surface area contributed by atoms with Crippen LogP contribution in [-0.2, 0) is 12.8 Å². The minimum atomic E-state index is -0.908. The first-order chi connectivity index (χ1) is 8.44. The molecule has 1 heterocycles. The Balaban J connectivity index is 2.07. The molecular weight excluding hydrogens is 249 g/mol. The summed E-state index contributed by atoms with van der Waals surface area (Å²) in [5.74, 6) is -0.271. The van der Waals surface area contributed by atoms with Crippen molar-refractivity contribution in [1.29, 1.82) is 0 Å². The van der Waals surface area contributed by atoms with Crippen LogP contribution in [0.15, 0.2) is 29.6 Å². The van der Waals surface area contributed by atoms with Gasteiger partial charge in [0.15, 0.2) is 0 Å². The van der Waals surface area contributed by atoms with E-state index in [2.05, 4.69) is 4.98 Å². The molecule has 0 aliphatic rings. The molecule has 0 amide bonds. The summed E-state index contributed by atoms with van der Waals surface area (Å²) in [6, 6.07) is 6.35. The molecule has 1 N–H and O–H groups in total. The lowest BCUT2D eigenvalue weighted by Gasteiger charge is -2.22. The molecular formula is C14H16FNOS. The van der Waals surface area contributed by atoms with Crippen molar-refractivity contribution in [1.82, 2.24) is 4.98 Å². The van der Waals surface area contributed by atoms with Gasteiger partial charge in [-0.3, -0.25) is 0 Å². The SMILES string of the molecule is Cc1nc(CC(C)(O)Cc2cccc(F)c2)cs1. The topological polar surface area (TPSA) is 33.1 Å². The highest BCUT2D eigenvalue weighted by molar-refractivity contribution is 7.09. The number of nitrogens with zero attached hydrogens (tertiary/aromatic N) is 1. The molecule has 0 spiro atoms. The molecule has 1 aromatic heterocycles. The number of rotatable bonds is 4. The number of aryl methyl sites for hydroxylation is 1. The normalized spacial score (nSPS) is 14.4. The van der Waals surface area contributed by atoms with Crippen LogP contribution in [0.4, 0.5) is 4.39 Å². The Morgan fingerprint density at radius 2 is 2.17 bits per heavy atom. The Labute approximate surface area is 110 Å². The first-order valence-corrected chi connectivity index (χ1v) is 6.70. The number of halogens is 1. The van der Waals surface area contributed by atoms with E-state index in [9.17, 15) is 9.50 Å². The van der Waals surface area contributed by atoms with Crippen LogP contribution in [0.25, 0.3) is 0 Å². The highest BCUT2D eigenvalue weighted by atomic mass is 32.1. The molecule has 0 aliphatic carbocycles. The molecule has 2 nitrogen and oxygen atoms in total. The Bertz CT molecular complexity index is 536. The molecule has 0 bridgehead atoms. The lowest BCUT2D eigenvalue weighted by Crippen LogP contribution is -2.30. The number of aromatic nitrogens is 1. The van der Waals surface area contributed by atoms with Crippen LogP contribution in [0.5, 0.6) is 0 Å². The lowest BCUT2D eigenvalue weighted by molar-refractivity contribution is 0.0599. The summed E-state index contributed by atoms with van der Waals surface area (Å²) >= 11 is 1.57. The van der Waals surface area contributed by atoms with Crippen molar-refractivity contribution in [2.75, 3.05) is 0 Å². The monoisotopic (exact) mass is 265 g/mol. The number of benzene rings is 1. The molecule has 0 saturated carbocycles. The molecule has 0 saturated heterocycles. The molecule has 1 unspecified atom stereocenters. The van der Waals surface area contributed by atoms with Gasteiger partial charge in [-0.25, -0.2) is 9.37 Å². The van der Waals surface area contributed by atoms with Crippen molar-refractivity contribution in [3.63, 3.8) is 0 Å². The van der Waals surface area contributed by atoms with Gasteiger partial charge in [-0.05, 0) is 31.5 Å². The summed E-state index contributed by atoms with van der Waals surface area (Å²) in [6.45, 7) is 3.70. The second-order valence-electron chi connectivity index (χ2n) is 4.84. The molecule has 1 atom stereocenters. The van der Waals surface area contributed by atoms with E-state index >= 15 is 0 Å². The van der Waals surface area contributed by atoms with Crippen LogP contribution in [0.3, 0.4) is 0 Å². The number of hydrogen-bond acceptors (Lipinski definition) is 3. The van der Waals surface area contributed by atoms with Gasteiger partial charge in [0.25, 0.3) is 0 Å². The molecule has 96 valence electrons. The fourth-order valence-corrected chi connectivity index (χ4v) is 2.64. The van der Waals surface area contributed by atoms with Crippen LogP contribution >= 0.6 is 11.3 Å². The van der Waals surface area contributed by atoms with Crippen LogP contribution in [0.2, 0.25) is 0 Å². The third kappa shape index (κ3) is 3.62. The molecule has 2 aromatic rings. The summed E-state index contributed by atoms with van der Waals surface area (Å²) < 4.78 is 13.1. The van der Waals surface area contributed by atoms with Gasteiger partial charge >= 0.3 is 0 Å². The first-order valence-electron chi connectivity index (χ1n) is 5.82. The number of aliphatic hydroxyl groups is 1. The zero-order valence-corrected chi connectivity index (χ0v) is 11.3. The molecule has 1 aromatic carbocycles. The van der Waals surface area contributed by atoms with Gasteiger partial charge in [0, 0.05) is 18.2 Å². The molecule has 0 fully saturated rings. The van der Waals surface area contributed by atoms with Crippen LogP contribution < -0.4 is 0 Å². The second-order valence-corrected chi connectivity index (χ2v) is 5.90. The van der Waals surface area contributed by atoms with Crippen molar-refractivity contribution >= 4 is 11.3 Å². The van der Waals surface area contributed by atoms with Gasteiger partial charge in [-0.15, -0.1) is 11.3 Å². The van der Waals surface area contributed by atoms with Crippen molar-refractivity contribution in [3.8, 4) is 0 Å². The maximum absolute atomic E-state index is 13.1.